The van der Waals surface area contributed by atoms with Crippen LogP contribution in [-0.2, 0) is 10.2 Å². The molecule has 1 amide bonds. The standard InChI is InChI=1S/C30H25N7O4S/c1-4-17-11-12-19-20-15-21(20)24-23(19)22(17)30(39)37(18-9-6-5-7-10-18)26(24)16(2)33-29(38)25-27(35-42(40,41)31-3)34-36-14-8-13-32-28(25)36/h1,5-14,16,20-21,31H,15H2,2-3H3,(H,33,38)(H,34,35)/t16-,20+,21+/m1/s1. The third-order valence-corrected chi connectivity index (χ3v) is 9.05. The van der Waals surface area contributed by atoms with Gasteiger partial charge < -0.3 is 5.32 Å². The van der Waals surface area contributed by atoms with Gasteiger partial charge in [-0.05, 0) is 66.0 Å². The van der Waals surface area contributed by atoms with Gasteiger partial charge in [0.2, 0.25) is 0 Å². The number of amides is 1. The molecule has 1 saturated carbocycles. The smallest absolute Gasteiger partial charge is 0.300 e. The van der Waals surface area contributed by atoms with E-state index < -0.39 is 22.2 Å². The van der Waals surface area contributed by atoms with Gasteiger partial charge in [0.25, 0.3) is 21.7 Å². The first-order chi connectivity index (χ1) is 20.2. The zero-order chi connectivity index (χ0) is 29.3. The van der Waals surface area contributed by atoms with E-state index in [4.69, 9.17) is 6.42 Å². The molecule has 0 bridgehead atoms. The molecule has 0 spiro atoms. The molecule has 3 N–H and O–H groups in total. The van der Waals surface area contributed by atoms with Crippen molar-refractivity contribution in [1.82, 2.24) is 29.2 Å². The number of para-hydroxylation sites is 1. The molecule has 0 saturated heterocycles. The summed E-state index contributed by atoms with van der Waals surface area (Å²) < 4.78 is 32.1. The third-order valence-electron chi connectivity index (χ3n) is 8.05. The number of carbonyl (C=O) groups is 1. The molecule has 1 fully saturated rings. The zero-order valence-electron chi connectivity index (χ0n) is 22.6. The Labute approximate surface area is 240 Å². The largest absolute Gasteiger partial charge is 0.344 e. The monoisotopic (exact) mass is 579 g/mol. The number of carbonyl (C=O) groups excluding carboxylic acids is 1. The summed E-state index contributed by atoms with van der Waals surface area (Å²) in [6, 6.07) is 14.1. The highest BCUT2D eigenvalue weighted by molar-refractivity contribution is 7.90. The van der Waals surface area contributed by atoms with Crippen LogP contribution < -0.4 is 20.3 Å². The molecule has 210 valence electrons. The summed E-state index contributed by atoms with van der Waals surface area (Å²) in [5.74, 6) is 2.41. The fourth-order valence-electron chi connectivity index (χ4n) is 6.21. The maximum Gasteiger partial charge on any atom is 0.300 e. The van der Waals surface area contributed by atoms with Crippen LogP contribution in [-0.4, -0.2) is 40.5 Å². The van der Waals surface area contributed by atoms with E-state index in [-0.39, 0.29) is 28.5 Å². The highest BCUT2D eigenvalue weighted by atomic mass is 32.2. The average Bonchev–Trinajstić information content (AvgIpc) is 3.59. The fourth-order valence-corrected chi connectivity index (χ4v) is 6.71. The van der Waals surface area contributed by atoms with Gasteiger partial charge in [0.1, 0.15) is 5.56 Å². The van der Waals surface area contributed by atoms with E-state index in [0.717, 1.165) is 22.9 Å². The van der Waals surface area contributed by atoms with Crippen molar-refractivity contribution in [2.45, 2.75) is 31.2 Å². The number of fused-ring (bicyclic) bond motifs is 4. The number of benzene rings is 2. The molecule has 2 aliphatic rings. The molecule has 0 unspecified atom stereocenters. The molecule has 0 aliphatic heterocycles. The van der Waals surface area contributed by atoms with Gasteiger partial charge in [-0.3, -0.25) is 18.9 Å². The molecule has 3 heterocycles. The number of pyridine rings is 1. The van der Waals surface area contributed by atoms with Crippen LogP contribution in [0.25, 0.3) is 22.1 Å². The van der Waals surface area contributed by atoms with Crippen LogP contribution in [0.2, 0.25) is 0 Å². The van der Waals surface area contributed by atoms with Gasteiger partial charge in [-0.15, -0.1) is 11.5 Å². The van der Waals surface area contributed by atoms with Crippen LogP contribution in [0.5, 0.6) is 0 Å². The Morgan fingerprint density at radius 2 is 1.90 bits per heavy atom. The summed E-state index contributed by atoms with van der Waals surface area (Å²) in [7, 11) is -2.74. The molecular weight excluding hydrogens is 554 g/mol. The first-order valence-corrected chi connectivity index (χ1v) is 14.8. The van der Waals surface area contributed by atoms with Crippen LogP contribution in [0.1, 0.15) is 64.0 Å². The van der Waals surface area contributed by atoms with Gasteiger partial charge in [0, 0.05) is 30.7 Å². The van der Waals surface area contributed by atoms with Crippen molar-refractivity contribution in [1.29, 1.82) is 0 Å². The number of nitrogens with zero attached hydrogens (tertiary/aromatic N) is 4. The molecule has 11 nitrogen and oxygen atoms in total. The second kappa shape index (κ2) is 9.27. The molecule has 3 aromatic heterocycles. The first kappa shape index (κ1) is 25.9. The normalized spacial score (nSPS) is 17.5. The van der Waals surface area contributed by atoms with Crippen molar-refractivity contribution in [3.05, 3.63) is 99.2 Å². The van der Waals surface area contributed by atoms with Crippen LogP contribution in [0.4, 0.5) is 5.82 Å². The van der Waals surface area contributed by atoms with E-state index in [2.05, 4.69) is 30.8 Å². The van der Waals surface area contributed by atoms with Gasteiger partial charge in [-0.2, -0.15) is 8.42 Å². The third kappa shape index (κ3) is 3.82. The molecular formula is C30H25N7O4S. The van der Waals surface area contributed by atoms with E-state index >= 15 is 0 Å². The number of terminal acetylenes is 1. The van der Waals surface area contributed by atoms with E-state index in [1.807, 2.05) is 49.4 Å². The summed E-state index contributed by atoms with van der Waals surface area (Å²) >= 11 is 0. The number of rotatable bonds is 7. The van der Waals surface area contributed by atoms with Crippen LogP contribution in [0, 0.1) is 12.3 Å². The SMILES string of the molecule is C#Cc1ccc2c3c(c([C@@H](C)NC(=O)c4c(NS(=O)(=O)NC)nn5cccnc45)n(-c4ccccc4)c(=O)c13)[C@H]1C[C@@H]21. The molecule has 2 aromatic carbocycles. The molecule has 2 aliphatic carbocycles. The Morgan fingerprint density at radius 3 is 2.64 bits per heavy atom. The minimum Gasteiger partial charge on any atom is -0.344 e. The minimum atomic E-state index is -3.99. The average molecular weight is 580 g/mol. The Kier molecular flexibility index (Phi) is 5.72. The number of hydrogen-bond donors (Lipinski definition) is 3. The number of hydrogen-bond acceptors (Lipinski definition) is 6. The van der Waals surface area contributed by atoms with E-state index in [0.29, 0.717) is 28.2 Å². The Hall–Kier alpha value is -4.99. The maximum atomic E-state index is 14.3. The summed E-state index contributed by atoms with van der Waals surface area (Å²) in [4.78, 5) is 32.5. The van der Waals surface area contributed by atoms with Crippen LogP contribution in [0.3, 0.4) is 0 Å². The van der Waals surface area contributed by atoms with E-state index in [1.165, 1.54) is 17.8 Å². The molecule has 5 aromatic rings. The predicted molar refractivity (Wildman–Crippen MR) is 158 cm³/mol. The maximum absolute atomic E-state index is 14.3. The lowest BCUT2D eigenvalue weighted by atomic mass is 9.94. The topological polar surface area (TPSA) is 139 Å². The number of nitrogens with one attached hydrogen (secondary N) is 3. The predicted octanol–water partition coefficient (Wildman–Crippen LogP) is 2.97. The summed E-state index contributed by atoms with van der Waals surface area (Å²) in [5.41, 5.74) is 3.82. The number of anilines is 1. The summed E-state index contributed by atoms with van der Waals surface area (Å²) in [6.07, 6.45) is 9.85. The first-order valence-electron chi connectivity index (χ1n) is 13.4. The van der Waals surface area contributed by atoms with Crippen molar-refractivity contribution in [2.75, 3.05) is 11.8 Å². The minimum absolute atomic E-state index is 0.0494. The van der Waals surface area contributed by atoms with Crippen molar-refractivity contribution in [3.8, 4) is 18.0 Å². The van der Waals surface area contributed by atoms with Gasteiger partial charge in [0.05, 0.1) is 17.1 Å². The lowest BCUT2D eigenvalue weighted by Gasteiger charge is -2.25. The Morgan fingerprint density at radius 1 is 1.12 bits per heavy atom. The number of aromatic nitrogens is 4. The second-order valence-electron chi connectivity index (χ2n) is 10.4. The van der Waals surface area contributed by atoms with Crippen molar-refractivity contribution in [3.63, 3.8) is 0 Å². The van der Waals surface area contributed by atoms with Gasteiger partial charge in [-0.1, -0.05) is 30.2 Å². The highest BCUT2D eigenvalue weighted by Gasteiger charge is 2.50. The van der Waals surface area contributed by atoms with Crippen LogP contribution in [0.15, 0.2) is 65.7 Å². The van der Waals surface area contributed by atoms with Gasteiger partial charge in [-0.25, -0.2) is 14.2 Å². The summed E-state index contributed by atoms with van der Waals surface area (Å²) in [6.45, 7) is 1.81. The lowest BCUT2D eigenvalue weighted by Crippen LogP contribution is -2.34. The Bertz CT molecular complexity index is 2160. The Balaban J connectivity index is 1.41. The van der Waals surface area contributed by atoms with E-state index in [1.54, 1.807) is 16.8 Å². The highest BCUT2D eigenvalue weighted by Crippen LogP contribution is 2.64. The van der Waals surface area contributed by atoms with Gasteiger partial charge in [0.15, 0.2) is 11.5 Å². The van der Waals surface area contributed by atoms with Crippen molar-refractivity contribution < 1.29 is 13.2 Å². The van der Waals surface area contributed by atoms with Crippen molar-refractivity contribution >= 4 is 38.4 Å². The fraction of sp³-hybridized carbons (Fsp3) is 0.200. The molecule has 7 rings (SSSR count). The lowest BCUT2D eigenvalue weighted by molar-refractivity contribution is 0.0941. The van der Waals surface area contributed by atoms with Gasteiger partial charge >= 0.3 is 0 Å². The van der Waals surface area contributed by atoms with Crippen molar-refractivity contribution in [2.24, 2.45) is 0 Å². The quantitative estimate of drug-likeness (QED) is 0.254. The molecule has 3 atom stereocenters. The van der Waals surface area contributed by atoms with Crippen LogP contribution >= 0.6 is 0 Å². The molecule has 12 heteroatoms. The zero-order valence-corrected chi connectivity index (χ0v) is 23.4. The molecule has 0 radical (unpaired) electrons. The summed E-state index contributed by atoms with van der Waals surface area (Å²) in [5, 5.41) is 8.64. The molecule has 42 heavy (non-hydrogen) atoms. The van der Waals surface area contributed by atoms with E-state index in [9.17, 15) is 18.0 Å². The second-order valence-corrected chi connectivity index (χ2v) is 12.1.